The maximum absolute atomic E-state index is 12.7. The number of aryl methyl sites for hydroxylation is 1. The summed E-state index contributed by atoms with van der Waals surface area (Å²) >= 11 is 0. The van der Waals surface area contributed by atoms with Crippen molar-refractivity contribution in [3.05, 3.63) is 54.2 Å². The highest BCUT2D eigenvalue weighted by atomic mass is 16.3. The van der Waals surface area contributed by atoms with Gasteiger partial charge in [-0.05, 0) is 19.1 Å². The Hall–Kier alpha value is -3.46. The van der Waals surface area contributed by atoms with Gasteiger partial charge in [0.1, 0.15) is 11.6 Å². The summed E-state index contributed by atoms with van der Waals surface area (Å²) in [6.45, 7) is 4.36. The molecule has 4 N–H and O–H groups in total. The van der Waals surface area contributed by atoms with Gasteiger partial charge in [-0.3, -0.25) is 4.79 Å². The van der Waals surface area contributed by atoms with Crippen LogP contribution in [0.4, 0.5) is 5.82 Å². The maximum atomic E-state index is 12.7. The molecule has 1 saturated heterocycles. The van der Waals surface area contributed by atoms with E-state index in [4.69, 9.17) is 5.73 Å². The van der Waals surface area contributed by atoms with Gasteiger partial charge in [-0.1, -0.05) is 12.1 Å². The number of aromatic nitrogens is 4. The van der Waals surface area contributed by atoms with E-state index >= 15 is 0 Å². The second kappa shape index (κ2) is 8.50. The lowest BCUT2D eigenvalue weighted by atomic mass is 10.1. The molecule has 3 heterocycles. The molecule has 1 atom stereocenters. The van der Waals surface area contributed by atoms with Crippen LogP contribution in [0.5, 0.6) is 5.75 Å². The molecule has 2 aromatic heterocycles. The molecule has 9 nitrogen and oxygen atoms in total. The Morgan fingerprint density at radius 2 is 2.00 bits per heavy atom. The van der Waals surface area contributed by atoms with Crippen molar-refractivity contribution in [1.29, 1.82) is 0 Å². The van der Waals surface area contributed by atoms with Crippen molar-refractivity contribution in [2.45, 2.75) is 19.4 Å². The molecule has 4 rings (SSSR count). The molecule has 0 saturated carbocycles. The fourth-order valence-corrected chi connectivity index (χ4v) is 3.61. The number of rotatable bonds is 5. The molecular weight excluding hydrogens is 382 g/mol. The van der Waals surface area contributed by atoms with E-state index < -0.39 is 6.04 Å². The van der Waals surface area contributed by atoms with Gasteiger partial charge < -0.3 is 25.6 Å². The lowest BCUT2D eigenvalue weighted by Gasteiger charge is -2.36. The van der Waals surface area contributed by atoms with Crippen LogP contribution in [-0.4, -0.2) is 68.1 Å². The molecule has 3 aromatic rings. The zero-order valence-corrected chi connectivity index (χ0v) is 16.8. The third kappa shape index (κ3) is 4.25. The van der Waals surface area contributed by atoms with Crippen LogP contribution < -0.4 is 10.6 Å². The van der Waals surface area contributed by atoms with Crippen molar-refractivity contribution in [2.24, 2.45) is 5.73 Å². The van der Waals surface area contributed by atoms with Crippen LogP contribution in [0.3, 0.4) is 0 Å². The topological polar surface area (TPSA) is 124 Å². The molecule has 1 aliphatic heterocycles. The van der Waals surface area contributed by atoms with Gasteiger partial charge in [-0.15, -0.1) is 0 Å². The van der Waals surface area contributed by atoms with E-state index in [2.05, 4.69) is 24.8 Å². The second-order valence-electron chi connectivity index (χ2n) is 7.41. The van der Waals surface area contributed by atoms with Gasteiger partial charge in [0.05, 0.1) is 17.9 Å². The van der Waals surface area contributed by atoms with Gasteiger partial charge in [0, 0.05) is 56.3 Å². The second-order valence-corrected chi connectivity index (χ2v) is 7.41. The van der Waals surface area contributed by atoms with Crippen LogP contribution in [0.1, 0.15) is 11.4 Å². The van der Waals surface area contributed by atoms with Crippen LogP contribution >= 0.6 is 0 Å². The van der Waals surface area contributed by atoms with Gasteiger partial charge >= 0.3 is 0 Å². The van der Waals surface area contributed by atoms with Crippen molar-refractivity contribution in [1.82, 2.24) is 24.8 Å². The first kappa shape index (κ1) is 19.8. The van der Waals surface area contributed by atoms with E-state index in [9.17, 15) is 9.90 Å². The zero-order valence-electron chi connectivity index (χ0n) is 16.8. The number of nitrogens with two attached hydrogens (primary N) is 1. The Labute approximate surface area is 174 Å². The number of hydrogen-bond acceptors (Lipinski definition) is 7. The summed E-state index contributed by atoms with van der Waals surface area (Å²) in [6, 6.07) is 8.36. The van der Waals surface area contributed by atoms with E-state index in [0.29, 0.717) is 44.0 Å². The summed E-state index contributed by atoms with van der Waals surface area (Å²) in [5, 5.41) is 10.1. The number of benzene rings is 1. The van der Waals surface area contributed by atoms with Crippen LogP contribution in [-0.2, 0) is 11.2 Å². The van der Waals surface area contributed by atoms with E-state index in [0.717, 1.165) is 17.2 Å². The number of nitrogens with zero attached hydrogens (tertiary/aromatic N) is 5. The van der Waals surface area contributed by atoms with E-state index in [-0.39, 0.29) is 11.7 Å². The number of H-pyrrole nitrogens is 1. The maximum Gasteiger partial charge on any atom is 0.240 e. The Balaban J connectivity index is 1.43. The Morgan fingerprint density at radius 3 is 2.70 bits per heavy atom. The minimum atomic E-state index is -0.592. The molecule has 0 aliphatic carbocycles. The lowest BCUT2D eigenvalue weighted by molar-refractivity contribution is -0.132. The van der Waals surface area contributed by atoms with E-state index in [1.165, 1.54) is 0 Å². The number of aromatic hydroxyl groups is 1. The Bertz CT molecular complexity index is 1010. The number of aromatic amines is 1. The number of anilines is 1. The number of phenols is 1. The molecule has 1 amide bonds. The number of phenolic OH excluding ortho intramolecular Hbond substituents is 1. The number of piperazine rings is 1. The van der Waals surface area contributed by atoms with Crippen LogP contribution in [0.15, 0.2) is 42.9 Å². The highest BCUT2D eigenvalue weighted by Crippen LogP contribution is 2.28. The van der Waals surface area contributed by atoms with Crippen LogP contribution in [0.25, 0.3) is 11.4 Å². The molecule has 30 heavy (non-hydrogen) atoms. The highest BCUT2D eigenvalue weighted by Gasteiger charge is 2.26. The highest BCUT2D eigenvalue weighted by molar-refractivity contribution is 5.82. The first-order valence-corrected chi connectivity index (χ1v) is 9.92. The third-order valence-corrected chi connectivity index (χ3v) is 5.21. The van der Waals surface area contributed by atoms with Gasteiger partial charge in [-0.2, -0.15) is 0 Å². The molecule has 0 unspecified atom stereocenters. The quantitative estimate of drug-likeness (QED) is 0.578. The van der Waals surface area contributed by atoms with E-state index in [1.54, 1.807) is 35.6 Å². The molecule has 156 valence electrons. The summed E-state index contributed by atoms with van der Waals surface area (Å²) in [5.41, 5.74) is 8.37. The van der Waals surface area contributed by atoms with Crippen molar-refractivity contribution in [3.63, 3.8) is 0 Å². The predicted molar refractivity (Wildman–Crippen MR) is 113 cm³/mol. The number of carbonyl (C=O) groups excluding carboxylic acids is 1. The average Bonchev–Trinajstić information content (AvgIpc) is 3.26. The van der Waals surface area contributed by atoms with Crippen molar-refractivity contribution in [2.75, 3.05) is 31.1 Å². The third-order valence-electron chi connectivity index (χ3n) is 5.21. The Morgan fingerprint density at radius 1 is 1.23 bits per heavy atom. The van der Waals surface area contributed by atoms with Crippen molar-refractivity contribution >= 4 is 11.7 Å². The molecular formula is C21H25N7O2. The first-order chi connectivity index (χ1) is 14.5. The van der Waals surface area contributed by atoms with Gasteiger partial charge in [0.2, 0.25) is 5.91 Å². The molecule has 0 spiro atoms. The van der Waals surface area contributed by atoms with Crippen molar-refractivity contribution in [3.8, 4) is 17.1 Å². The minimum Gasteiger partial charge on any atom is -0.507 e. The van der Waals surface area contributed by atoms with Crippen LogP contribution in [0, 0.1) is 6.92 Å². The number of para-hydroxylation sites is 1. The monoisotopic (exact) mass is 407 g/mol. The summed E-state index contributed by atoms with van der Waals surface area (Å²) in [7, 11) is 0. The number of amides is 1. The summed E-state index contributed by atoms with van der Waals surface area (Å²) in [4.78, 5) is 32.7. The zero-order chi connectivity index (χ0) is 21.1. The largest absolute Gasteiger partial charge is 0.507 e. The summed E-state index contributed by atoms with van der Waals surface area (Å²) < 4.78 is 0. The van der Waals surface area contributed by atoms with Crippen LogP contribution in [0.2, 0.25) is 0 Å². The average molecular weight is 407 g/mol. The Kier molecular flexibility index (Phi) is 5.62. The summed E-state index contributed by atoms with van der Waals surface area (Å²) in [5.74, 6) is 1.37. The molecule has 9 heteroatoms. The minimum absolute atomic E-state index is 0.0574. The number of carbonyl (C=O) groups is 1. The number of imidazole rings is 1. The van der Waals surface area contributed by atoms with Gasteiger partial charge in [0.15, 0.2) is 5.82 Å². The van der Waals surface area contributed by atoms with Crippen molar-refractivity contribution < 1.29 is 9.90 Å². The summed E-state index contributed by atoms with van der Waals surface area (Å²) in [6.07, 6.45) is 3.71. The number of hydrogen-bond donors (Lipinski definition) is 3. The standard InChI is InChI=1S/C21H25N7O2/c1-14-10-19(26-20(25-14)16-4-2-3-5-18(16)29)27-6-8-28(9-7-27)21(30)17(22)11-15-12-23-13-24-15/h2-5,10,12-13,17,29H,6-9,11,22H2,1H3,(H,23,24)/t17-/m0/s1. The predicted octanol–water partition coefficient (Wildman–Crippen LogP) is 1.10. The molecule has 0 radical (unpaired) electrons. The molecule has 1 aliphatic rings. The molecule has 0 bridgehead atoms. The fraction of sp³-hybridized carbons (Fsp3) is 0.333. The van der Waals surface area contributed by atoms with Gasteiger partial charge in [0.25, 0.3) is 0 Å². The molecule has 1 fully saturated rings. The SMILES string of the molecule is Cc1cc(N2CCN(C(=O)[C@@H](N)Cc3cnc[nH]3)CC2)nc(-c2ccccc2O)n1. The molecule has 1 aromatic carbocycles. The van der Waals surface area contributed by atoms with E-state index in [1.807, 2.05) is 19.1 Å². The smallest absolute Gasteiger partial charge is 0.240 e. The fourth-order valence-electron chi connectivity index (χ4n) is 3.61. The van der Waals surface area contributed by atoms with Gasteiger partial charge in [-0.25, -0.2) is 15.0 Å². The normalized spacial score (nSPS) is 15.3. The first-order valence-electron chi connectivity index (χ1n) is 9.92. The lowest BCUT2D eigenvalue weighted by Crippen LogP contribution is -2.53. The number of nitrogens with one attached hydrogen (secondary N) is 1.